The van der Waals surface area contributed by atoms with E-state index in [1.165, 1.54) is 0 Å². The van der Waals surface area contributed by atoms with Crippen molar-refractivity contribution >= 4 is 22.5 Å². The molecule has 0 spiro atoms. The van der Waals surface area contributed by atoms with Crippen molar-refractivity contribution in [2.45, 2.75) is 25.7 Å². The van der Waals surface area contributed by atoms with Crippen LogP contribution < -0.4 is 0 Å². The lowest BCUT2D eigenvalue weighted by atomic mass is 10.2. The van der Waals surface area contributed by atoms with Gasteiger partial charge in [0, 0.05) is 32.1 Å². The monoisotopic (exact) mass is 361 g/mol. The number of benzene rings is 1. The van der Waals surface area contributed by atoms with Crippen LogP contribution in [0.15, 0.2) is 24.3 Å². The number of hydrogen-bond donors (Lipinski definition) is 2. The van der Waals surface area contributed by atoms with Gasteiger partial charge in [0.1, 0.15) is 6.10 Å². The van der Waals surface area contributed by atoms with Crippen molar-refractivity contribution in [3.05, 3.63) is 46.4 Å². The van der Waals surface area contributed by atoms with Crippen molar-refractivity contribution < 1.29 is 10.2 Å². The minimum absolute atomic E-state index is 0.321. The average molecular weight is 362 g/mol. The fourth-order valence-corrected chi connectivity index (χ4v) is 3.69. The van der Waals surface area contributed by atoms with Crippen molar-refractivity contribution in [1.29, 1.82) is 0 Å². The molecule has 0 aliphatic carbocycles. The zero-order chi connectivity index (χ0) is 17.6. The molecule has 0 saturated carbocycles. The van der Waals surface area contributed by atoms with Gasteiger partial charge < -0.3 is 10.2 Å². The Balaban J connectivity index is 1.58. The summed E-state index contributed by atoms with van der Waals surface area (Å²) < 4.78 is 3.76. The minimum atomic E-state index is -0.926. The molecular formula is C17H20ClN5O2. The number of aliphatic hydroxyl groups excluding tert-OH is 2. The highest BCUT2D eigenvalue weighted by Crippen LogP contribution is 2.28. The molecule has 2 aromatic heterocycles. The molecule has 1 atom stereocenters. The normalized spacial score (nSPS) is 16.3. The first-order valence-corrected chi connectivity index (χ1v) is 8.62. The van der Waals surface area contributed by atoms with Gasteiger partial charge in [-0.1, -0.05) is 17.7 Å². The highest BCUT2D eigenvalue weighted by atomic mass is 35.5. The summed E-state index contributed by atoms with van der Waals surface area (Å²) >= 11 is 6.39. The van der Waals surface area contributed by atoms with Crippen LogP contribution in [0.5, 0.6) is 0 Å². The summed E-state index contributed by atoms with van der Waals surface area (Å²) in [5, 5.41) is 29.6. The quantitative estimate of drug-likeness (QED) is 0.735. The molecule has 132 valence electrons. The first-order valence-electron chi connectivity index (χ1n) is 8.25. The predicted octanol–water partition coefficient (Wildman–Crippen LogP) is 1.46. The Morgan fingerprint density at radius 1 is 1.28 bits per heavy atom. The van der Waals surface area contributed by atoms with Crippen LogP contribution in [0.3, 0.4) is 0 Å². The molecule has 0 bridgehead atoms. The molecule has 0 saturated heterocycles. The third-order valence-corrected chi connectivity index (χ3v) is 5.00. The van der Waals surface area contributed by atoms with Crippen molar-refractivity contribution in [2.24, 2.45) is 7.05 Å². The maximum absolute atomic E-state index is 9.76. The van der Waals surface area contributed by atoms with Gasteiger partial charge in [0.2, 0.25) is 0 Å². The van der Waals surface area contributed by atoms with Gasteiger partial charge in [-0.05, 0) is 18.2 Å². The molecule has 1 aliphatic heterocycles. The summed E-state index contributed by atoms with van der Waals surface area (Å²) in [4.78, 5) is 2.29. The summed E-state index contributed by atoms with van der Waals surface area (Å²) in [6.45, 7) is 2.67. The van der Waals surface area contributed by atoms with E-state index in [4.69, 9.17) is 16.7 Å². The van der Waals surface area contributed by atoms with Crippen LogP contribution in [0, 0.1) is 0 Å². The first-order chi connectivity index (χ1) is 12.1. The number of hydrogen-bond acceptors (Lipinski definition) is 5. The smallest absolute Gasteiger partial charge is 0.121 e. The molecule has 1 aliphatic rings. The van der Waals surface area contributed by atoms with Gasteiger partial charge in [-0.3, -0.25) is 14.3 Å². The van der Waals surface area contributed by atoms with Gasteiger partial charge in [-0.2, -0.15) is 10.2 Å². The van der Waals surface area contributed by atoms with Gasteiger partial charge in [0.05, 0.1) is 40.8 Å². The van der Waals surface area contributed by atoms with Gasteiger partial charge in [-0.25, -0.2) is 0 Å². The average Bonchev–Trinajstić information content (AvgIpc) is 3.16. The highest BCUT2D eigenvalue weighted by molar-refractivity contribution is 6.35. The number of rotatable bonds is 4. The topological polar surface area (TPSA) is 79.3 Å². The standard InChI is InChI=1S/C17H20ClN5O2/c1-21-15-4-2-3-12(18)17(15)14(19-21)9-22-5-6-23-11(8-22)7-13(20-23)16(25)10-24/h2-4,7,16,24-25H,5-6,8-10H2,1H3. The van der Waals surface area contributed by atoms with Crippen molar-refractivity contribution in [1.82, 2.24) is 24.5 Å². The molecule has 8 heteroatoms. The number of fused-ring (bicyclic) bond motifs is 2. The Labute approximate surface area is 150 Å². The molecule has 0 amide bonds. The van der Waals surface area contributed by atoms with E-state index < -0.39 is 6.10 Å². The summed E-state index contributed by atoms with van der Waals surface area (Å²) in [5.74, 6) is 0. The van der Waals surface area contributed by atoms with Crippen LogP contribution in [0.4, 0.5) is 0 Å². The number of aliphatic hydroxyl groups is 2. The van der Waals surface area contributed by atoms with E-state index in [0.717, 1.165) is 40.4 Å². The Morgan fingerprint density at radius 3 is 2.92 bits per heavy atom. The summed E-state index contributed by atoms with van der Waals surface area (Å²) in [7, 11) is 1.93. The molecule has 0 fully saturated rings. The van der Waals surface area contributed by atoms with Crippen LogP contribution >= 0.6 is 11.6 Å². The number of halogens is 1. The maximum Gasteiger partial charge on any atom is 0.121 e. The van der Waals surface area contributed by atoms with E-state index in [1.807, 2.05) is 40.7 Å². The van der Waals surface area contributed by atoms with E-state index in [0.29, 0.717) is 18.8 Å². The second-order valence-corrected chi connectivity index (χ2v) is 6.80. The SMILES string of the molecule is Cn1nc(CN2CCn3nc(C(O)CO)cc3C2)c2c(Cl)cccc21. The number of nitrogens with zero attached hydrogens (tertiary/aromatic N) is 5. The lowest BCUT2D eigenvalue weighted by Gasteiger charge is -2.26. The van der Waals surface area contributed by atoms with Gasteiger partial charge in [0.25, 0.3) is 0 Å². The van der Waals surface area contributed by atoms with Crippen LogP contribution in [-0.4, -0.2) is 47.8 Å². The van der Waals surface area contributed by atoms with Crippen molar-refractivity contribution in [3.63, 3.8) is 0 Å². The molecule has 2 N–H and O–H groups in total. The lowest BCUT2D eigenvalue weighted by molar-refractivity contribution is 0.0915. The minimum Gasteiger partial charge on any atom is -0.393 e. The number of aryl methyl sites for hydroxylation is 1. The Kier molecular flexibility index (Phi) is 4.24. The van der Waals surface area contributed by atoms with E-state index >= 15 is 0 Å². The second kappa shape index (κ2) is 6.42. The molecule has 25 heavy (non-hydrogen) atoms. The lowest BCUT2D eigenvalue weighted by Crippen LogP contribution is -2.33. The molecule has 4 rings (SSSR count). The van der Waals surface area contributed by atoms with E-state index in [-0.39, 0.29) is 6.61 Å². The van der Waals surface area contributed by atoms with Crippen LogP contribution in [0.1, 0.15) is 23.2 Å². The van der Waals surface area contributed by atoms with Crippen LogP contribution in [-0.2, 0) is 26.7 Å². The largest absolute Gasteiger partial charge is 0.393 e. The molecule has 3 aromatic rings. The summed E-state index contributed by atoms with van der Waals surface area (Å²) in [6, 6.07) is 7.70. The maximum atomic E-state index is 9.76. The molecule has 3 heterocycles. The van der Waals surface area contributed by atoms with Gasteiger partial charge in [-0.15, -0.1) is 0 Å². The second-order valence-electron chi connectivity index (χ2n) is 6.40. The third kappa shape index (κ3) is 2.93. The molecule has 0 radical (unpaired) electrons. The molecule has 7 nitrogen and oxygen atoms in total. The zero-order valence-electron chi connectivity index (χ0n) is 13.9. The molecule has 1 aromatic carbocycles. The van der Waals surface area contributed by atoms with E-state index in [2.05, 4.69) is 15.1 Å². The Morgan fingerprint density at radius 2 is 2.12 bits per heavy atom. The molecular weight excluding hydrogens is 342 g/mol. The van der Waals surface area contributed by atoms with E-state index in [9.17, 15) is 5.11 Å². The first kappa shape index (κ1) is 16.5. The van der Waals surface area contributed by atoms with Gasteiger partial charge in [0.15, 0.2) is 0 Å². The van der Waals surface area contributed by atoms with Crippen molar-refractivity contribution in [3.8, 4) is 0 Å². The van der Waals surface area contributed by atoms with Crippen LogP contribution in [0.2, 0.25) is 5.02 Å². The Hall–Kier alpha value is -1.93. The highest BCUT2D eigenvalue weighted by Gasteiger charge is 2.22. The zero-order valence-corrected chi connectivity index (χ0v) is 14.7. The Bertz CT molecular complexity index is 919. The fraction of sp³-hybridized carbons (Fsp3) is 0.412. The van der Waals surface area contributed by atoms with Crippen molar-refractivity contribution in [2.75, 3.05) is 13.2 Å². The summed E-state index contributed by atoms with van der Waals surface area (Å²) in [5.41, 5.74) is 3.54. The fourth-order valence-electron chi connectivity index (χ4n) is 3.41. The summed E-state index contributed by atoms with van der Waals surface area (Å²) in [6.07, 6.45) is -0.926. The van der Waals surface area contributed by atoms with E-state index in [1.54, 1.807) is 0 Å². The van der Waals surface area contributed by atoms with Crippen LogP contribution in [0.25, 0.3) is 10.9 Å². The van der Waals surface area contributed by atoms with Gasteiger partial charge >= 0.3 is 0 Å². The third-order valence-electron chi connectivity index (χ3n) is 4.68. The number of aromatic nitrogens is 4. The predicted molar refractivity (Wildman–Crippen MR) is 94.1 cm³/mol. The molecule has 1 unspecified atom stereocenters.